The van der Waals surface area contributed by atoms with E-state index in [-0.39, 0.29) is 0 Å². The summed E-state index contributed by atoms with van der Waals surface area (Å²) < 4.78 is 7.68. The average molecular weight is 271 g/mol. The topological polar surface area (TPSA) is 14.2 Å². The second kappa shape index (κ2) is 5.10. The molecule has 0 N–H and O–H groups in total. The van der Waals surface area contributed by atoms with Crippen molar-refractivity contribution in [1.29, 1.82) is 0 Å². The summed E-state index contributed by atoms with van der Waals surface area (Å²) in [6.45, 7) is 3.13. The van der Waals surface area contributed by atoms with Gasteiger partial charge in [-0.05, 0) is 36.8 Å². The molecule has 2 heterocycles. The van der Waals surface area contributed by atoms with E-state index in [1.807, 2.05) is 23.5 Å². The molecule has 3 aromatic rings. The van der Waals surface area contributed by atoms with Crippen LogP contribution < -0.4 is 4.74 Å². The van der Waals surface area contributed by atoms with Gasteiger partial charge >= 0.3 is 0 Å². The van der Waals surface area contributed by atoms with Crippen LogP contribution in [0.15, 0.2) is 42.6 Å². The number of nitrogens with zero attached hydrogens (tertiary/aromatic N) is 1. The second-order valence-corrected chi connectivity index (χ2v) is 5.81. The van der Waals surface area contributed by atoms with Crippen LogP contribution in [0.25, 0.3) is 10.9 Å². The maximum atomic E-state index is 5.40. The number of rotatable bonds is 4. The van der Waals surface area contributed by atoms with Gasteiger partial charge < -0.3 is 9.30 Å². The highest BCUT2D eigenvalue weighted by Crippen LogP contribution is 2.27. The second-order valence-electron chi connectivity index (χ2n) is 4.56. The van der Waals surface area contributed by atoms with E-state index in [0.29, 0.717) is 0 Å². The van der Waals surface area contributed by atoms with Crippen LogP contribution in [0.1, 0.15) is 16.7 Å². The summed E-state index contributed by atoms with van der Waals surface area (Å²) in [6, 6.07) is 12.8. The number of thiophene rings is 1. The third kappa shape index (κ3) is 2.26. The molecule has 0 aliphatic heterocycles. The van der Waals surface area contributed by atoms with Gasteiger partial charge in [0, 0.05) is 21.3 Å². The van der Waals surface area contributed by atoms with E-state index in [2.05, 4.69) is 42.0 Å². The standard InChI is InChI=1S/C16H17NOS/c1-3-12-7-8-13(19-12)11-17-10-9-14-15(17)5-4-6-16(14)18-2/h4-10H,3,11H2,1-2H3. The Morgan fingerprint density at radius 3 is 2.68 bits per heavy atom. The van der Waals surface area contributed by atoms with Crippen LogP contribution in [0.3, 0.4) is 0 Å². The van der Waals surface area contributed by atoms with Crippen LogP contribution in [0, 0.1) is 0 Å². The van der Waals surface area contributed by atoms with Gasteiger partial charge in [0.1, 0.15) is 5.75 Å². The smallest absolute Gasteiger partial charge is 0.128 e. The molecule has 3 rings (SSSR count). The van der Waals surface area contributed by atoms with Gasteiger partial charge in [0.25, 0.3) is 0 Å². The molecule has 0 amide bonds. The van der Waals surface area contributed by atoms with Crippen molar-refractivity contribution >= 4 is 22.2 Å². The van der Waals surface area contributed by atoms with E-state index in [4.69, 9.17) is 4.74 Å². The number of aryl methyl sites for hydroxylation is 1. The van der Waals surface area contributed by atoms with Crippen molar-refractivity contribution in [3.63, 3.8) is 0 Å². The van der Waals surface area contributed by atoms with E-state index in [0.717, 1.165) is 18.7 Å². The van der Waals surface area contributed by atoms with E-state index >= 15 is 0 Å². The highest BCUT2D eigenvalue weighted by Gasteiger charge is 2.07. The molecule has 0 fully saturated rings. The lowest BCUT2D eigenvalue weighted by atomic mass is 10.2. The fourth-order valence-corrected chi connectivity index (χ4v) is 3.33. The molecule has 2 aromatic heterocycles. The first-order valence-corrected chi connectivity index (χ1v) is 7.33. The normalized spacial score (nSPS) is 11.1. The van der Waals surface area contributed by atoms with Crippen LogP contribution >= 0.6 is 11.3 Å². The largest absolute Gasteiger partial charge is 0.496 e. The highest BCUT2D eigenvalue weighted by atomic mass is 32.1. The van der Waals surface area contributed by atoms with Crippen LogP contribution in [0.5, 0.6) is 5.75 Å². The molecule has 0 saturated carbocycles. The molecule has 3 heteroatoms. The van der Waals surface area contributed by atoms with Crippen molar-refractivity contribution in [1.82, 2.24) is 4.57 Å². The van der Waals surface area contributed by atoms with Crippen molar-refractivity contribution < 1.29 is 4.74 Å². The Balaban J connectivity index is 1.97. The molecule has 0 bridgehead atoms. The highest BCUT2D eigenvalue weighted by molar-refractivity contribution is 7.11. The zero-order chi connectivity index (χ0) is 13.2. The number of hydrogen-bond donors (Lipinski definition) is 0. The number of hydrogen-bond acceptors (Lipinski definition) is 2. The first-order chi connectivity index (χ1) is 9.31. The predicted octanol–water partition coefficient (Wildman–Crippen LogP) is 4.32. The molecule has 1 aromatic carbocycles. The summed E-state index contributed by atoms with van der Waals surface area (Å²) in [6.07, 6.45) is 3.25. The van der Waals surface area contributed by atoms with Crippen LogP contribution in [0.2, 0.25) is 0 Å². The molecule has 0 spiro atoms. The minimum atomic E-state index is 0.932. The zero-order valence-corrected chi connectivity index (χ0v) is 12.0. The lowest BCUT2D eigenvalue weighted by Crippen LogP contribution is -1.95. The summed E-state index contributed by atoms with van der Waals surface area (Å²) in [7, 11) is 1.72. The van der Waals surface area contributed by atoms with Crippen LogP contribution in [-0.2, 0) is 13.0 Å². The Hall–Kier alpha value is -1.74. The molecule has 19 heavy (non-hydrogen) atoms. The fourth-order valence-electron chi connectivity index (χ4n) is 2.38. The number of fused-ring (bicyclic) bond motifs is 1. The Morgan fingerprint density at radius 1 is 1.11 bits per heavy atom. The van der Waals surface area contributed by atoms with E-state index in [9.17, 15) is 0 Å². The maximum absolute atomic E-state index is 5.40. The van der Waals surface area contributed by atoms with Gasteiger partial charge in [0.15, 0.2) is 0 Å². The number of ether oxygens (including phenoxy) is 1. The monoisotopic (exact) mass is 271 g/mol. The summed E-state index contributed by atoms with van der Waals surface area (Å²) in [4.78, 5) is 2.85. The lowest BCUT2D eigenvalue weighted by Gasteiger charge is -2.05. The Kier molecular flexibility index (Phi) is 3.30. The zero-order valence-electron chi connectivity index (χ0n) is 11.2. The minimum Gasteiger partial charge on any atom is -0.496 e. The van der Waals surface area contributed by atoms with Crippen molar-refractivity contribution in [3.05, 3.63) is 52.3 Å². The van der Waals surface area contributed by atoms with Gasteiger partial charge in [-0.2, -0.15) is 0 Å². The van der Waals surface area contributed by atoms with E-state index in [1.54, 1.807) is 7.11 Å². The number of methoxy groups -OCH3 is 1. The van der Waals surface area contributed by atoms with Gasteiger partial charge in [-0.15, -0.1) is 11.3 Å². The molecular formula is C16H17NOS. The molecule has 0 saturated heterocycles. The van der Waals surface area contributed by atoms with Crippen LogP contribution in [0.4, 0.5) is 0 Å². The molecule has 0 radical (unpaired) electrons. The Bertz CT molecular complexity index is 696. The van der Waals surface area contributed by atoms with Crippen molar-refractivity contribution in [2.24, 2.45) is 0 Å². The van der Waals surface area contributed by atoms with Crippen molar-refractivity contribution in [2.45, 2.75) is 19.9 Å². The van der Waals surface area contributed by atoms with Gasteiger partial charge in [0.2, 0.25) is 0 Å². The average Bonchev–Trinajstić information content (AvgIpc) is 3.06. The first-order valence-electron chi connectivity index (χ1n) is 6.51. The molecule has 0 aliphatic carbocycles. The molecule has 98 valence electrons. The summed E-state index contributed by atoms with van der Waals surface area (Å²) >= 11 is 1.90. The van der Waals surface area contributed by atoms with Crippen LogP contribution in [-0.4, -0.2) is 11.7 Å². The van der Waals surface area contributed by atoms with E-state index < -0.39 is 0 Å². The van der Waals surface area contributed by atoms with E-state index in [1.165, 1.54) is 20.7 Å². The molecule has 0 aliphatic rings. The maximum Gasteiger partial charge on any atom is 0.128 e. The molecule has 2 nitrogen and oxygen atoms in total. The molecule has 0 atom stereocenters. The summed E-state index contributed by atoms with van der Waals surface area (Å²) in [5.74, 6) is 0.941. The quantitative estimate of drug-likeness (QED) is 0.689. The number of benzene rings is 1. The van der Waals surface area contributed by atoms with Gasteiger partial charge in [0.05, 0.1) is 19.2 Å². The first kappa shape index (κ1) is 12.3. The molecular weight excluding hydrogens is 254 g/mol. The fraction of sp³-hybridized carbons (Fsp3) is 0.250. The minimum absolute atomic E-state index is 0.932. The predicted molar refractivity (Wildman–Crippen MR) is 81.3 cm³/mol. The van der Waals surface area contributed by atoms with Gasteiger partial charge in [-0.1, -0.05) is 13.0 Å². The van der Waals surface area contributed by atoms with Crippen molar-refractivity contribution in [3.8, 4) is 5.75 Å². The third-order valence-corrected chi connectivity index (χ3v) is 4.60. The van der Waals surface area contributed by atoms with Gasteiger partial charge in [-0.3, -0.25) is 0 Å². The lowest BCUT2D eigenvalue weighted by molar-refractivity contribution is 0.420. The summed E-state index contributed by atoms with van der Waals surface area (Å²) in [5.41, 5.74) is 1.23. The van der Waals surface area contributed by atoms with Gasteiger partial charge in [-0.25, -0.2) is 0 Å². The Morgan fingerprint density at radius 2 is 1.95 bits per heavy atom. The Labute approximate surface area is 117 Å². The number of aromatic nitrogens is 1. The molecule has 0 unspecified atom stereocenters. The SMILES string of the molecule is CCc1ccc(Cn2ccc3c(OC)cccc32)s1. The summed E-state index contributed by atoms with van der Waals surface area (Å²) in [5, 5.41) is 1.18. The third-order valence-electron chi connectivity index (χ3n) is 3.39. The van der Waals surface area contributed by atoms with Crippen molar-refractivity contribution in [2.75, 3.05) is 7.11 Å².